The van der Waals surface area contributed by atoms with Gasteiger partial charge in [0.2, 0.25) is 0 Å². The molecule has 3 nitrogen and oxygen atoms in total. The highest BCUT2D eigenvalue weighted by Crippen LogP contribution is 2.43. The van der Waals surface area contributed by atoms with Gasteiger partial charge in [-0.15, -0.1) is 6.58 Å². The zero-order chi connectivity index (χ0) is 23.6. The van der Waals surface area contributed by atoms with Crippen LogP contribution in [-0.4, -0.2) is 12.6 Å². The number of para-hydroxylation sites is 1. The van der Waals surface area contributed by atoms with Crippen molar-refractivity contribution in [2.24, 2.45) is 0 Å². The Labute approximate surface area is 195 Å². The molecule has 0 unspecified atom stereocenters. The predicted molar refractivity (Wildman–Crippen MR) is 134 cm³/mol. The third-order valence-corrected chi connectivity index (χ3v) is 5.90. The van der Waals surface area contributed by atoms with Crippen molar-refractivity contribution in [3.8, 4) is 22.6 Å². The van der Waals surface area contributed by atoms with Crippen LogP contribution in [0.15, 0.2) is 73.3 Å². The molecule has 4 rings (SSSR count). The maximum absolute atomic E-state index is 14.3. The summed E-state index contributed by atoms with van der Waals surface area (Å²) in [5.74, 6) is 1.13. The first kappa shape index (κ1) is 22.7. The molecule has 0 bridgehead atoms. The van der Waals surface area contributed by atoms with Crippen molar-refractivity contribution in [2.75, 3.05) is 12.4 Å². The lowest BCUT2D eigenvalue weighted by Gasteiger charge is -2.33. The third-order valence-electron chi connectivity index (χ3n) is 5.90. The minimum atomic E-state index is -0.307. The highest BCUT2D eigenvalue weighted by Gasteiger charge is 2.27. The average molecular weight is 444 g/mol. The molecular formula is C29H30FNO2. The van der Waals surface area contributed by atoms with Crippen LogP contribution in [-0.2, 0) is 13.0 Å². The summed E-state index contributed by atoms with van der Waals surface area (Å²) in [5.41, 5.74) is 6.77. The van der Waals surface area contributed by atoms with Crippen molar-refractivity contribution in [3.63, 3.8) is 0 Å². The first-order valence-corrected chi connectivity index (χ1v) is 11.1. The number of fused-ring (bicyclic) bond motifs is 1. The molecule has 0 saturated heterocycles. The molecule has 4 heteroatoms. The molecular weight excluding hydrogens is 413 g/mol. The van der Waals surface area contributed by atoms with Crippen molar-refractivity contribution in [1.82, 2.24) is 0 Å². The second-order valence-electron chi connectivity index (χ2n) is 8.92. The monoisotopic (exact) mass is 443 g/mol. The van der Waals surface area contributed by atoms with E-state index in [9.17, 15) is 4.39 Å². The van der Waals surface area contributed by atoms with E-state index in [2.05, 4.69) is 44.8 Å². The van der Waals surface area contributed by atoms with Crippen molar-refractivity contribution < 1.29 is 13.9 Å². The molecule has 0 atom stereocenters. The molecule has 33 heavy (non-hydrogen) atoms. The molecule has 0 radical (unpaired) electrons. The third kappa shape index (κ3) is 4.65. The minimum Gasteiger partial charge on any atom is -0.496 e. The second kappa shape index (κ2) is 9.14. The first-order chi connectivity index (χ1) is 15.8. The number of allylic oxidation sites excluding steroid dienone is 2. The van der Waals surface area contributed by atoms with Gasteiger partial charge in [-0.2, -0.15) is 0 Å². The lowest BCUT2D eigenvalue weighted by atomic mass is 9.85. The molecule has 0 amide bonds. The molecule has 0 fully saturated rings. The Morgan fingerprint density at radius 2 is 1.82 bits per heavy atom. The normalized spacial score (nSPS) is 14.0. The zero-order valence-electron chi connectivity index (χ0n) is 19.7. The van der Waals surface area contributed by atoms with Gasteiger partial charge in [0.15, 0.2) is 0 Å². The summed E-state index contributed by atoms with van der Waals surface area (Å²) in [6.45, 7) is 10.6. The van der Waals surface area contributed by atoms with Gasteiger partial charge in [0.25, 0.3) is 0 Å². The molecule has 3 aromatic rings. The molecule has 0 aliphatic carbocycles. The fourth-order valence-corrected chi connectivity index (χ4v) is 4.61. The number of benzene rings is 3. The van der Waals surface area contributed by atoms with E-state index in [1.54, 1.807) is 13.2 Å². The quantitative estimate of drug-likeness (QED) is 0.386. The molecule has 1 aliphatic rings. The molecule has 3 aromatic carbocycles. The fraction of sp³-hybridized carbons (Fsp3) is 0.241. The highest BCUT2D eigenvalue weighted by molar-refractivity contribution is 5.88. The second-order valence-corrected chi connectivity index (χ2v) is 8.92. The van der Waals surface area contributed by atoms with Gasteiger partial charge in [-0.05, 0) is 74.2 Å². The van der Waals surface area contributed by atoms with E-state index < -0.39 is 0 Å². The van der Waals surface area contributed by atoms with Crippen LogP contribution < -0.4 is 14.8 Å². The average Bonchev–Trinajstić information content (AvgIpc) is 2.77. The van der Waals surface area contributed by atoms with Crippen LogP contribution in [0.4, 0.5) is 10.1 Å². The van der Waals surface area contributed by atoms with Gasteiger partial charge >= 0.3 is 0 Å². The van der Waals surface area contributed by atoms with Crippen LogP contribution in [0.1, 0.15) is 37.5 Å². The van der Waals surface area contributed by atoms with Gasteiger partial charge in [-0.3, -0.25) is 0 Å². The van der Waals surface area contributed by atoms with E-state index in [-0.39, 0.29) is 11.4 Å². The van der Waals surface area contributed by atoms with Gasteiger partial charge in [0.1, 0.15) is 23.9 Å². The Kier molecular flexibility index (Phi) is 6.28. The molecule has 170 valence electrons. The van der Waals surface area contributed by atoms with Crippen LogP contribution in [0, 0.1) is 5.82 Å². The highest BCUT2D eigenvalue weighted by atomic mass is 19.1. The van der Waals surface area contributed by atoms with Gasteiger partial charge in [0.05, 0.1) is 12.6 Å². The summed E-state index contributed by atoms with van der Waals surface area (Å²) in [6, 6.07) is 16.7. The molecule has 1 aliphatic heterocycles. The number of ether oxygens (including phenoxy) is 2. The Balaban J connectivity index is 1.87. The van der Waals surface area contributed by atoms with Crippen LogP contribution in [0.2, 0.25) is 0 Å². The van der Waals surface area contributed by atoms with Crippen LogP contribution in [0.5, 0.6) is 11.5 Å². The Hall–Kier alpha value is -3.53. The minimum absolute atomic E-state index is 0.163. The smallest absolute Gasteiger partial charge is 0.126 e. The standard InChI is InChI=1S/C29H30FNO2/c1-6-9-20-10-7-8-11-26(20)33-18-24-22(23-16-21(30)12-15-27(23)32-5)13-14-25-28(24)19(2)17-29(3,4)31-25/h6-8,10-17,31H,1,9,18H2,2-5H3. The summed E-state index contributed by atoms with van der Waals surface area (Å²) in [5, 5.41) is 3.61. The summed E-state index contributed by atoms with van der Waals surface area (Å²) < 4.78 is 26.2. The number of methoxy groups -OCH3 is 1. The maximum atomic E-state index is 14.3. The predicted octanol–water partition coefficient (Wildman–Crippen LogP) is 7.42. The summed E-state index contributed by atoms with van der Waals surface area (Å²) in [4.78, 5) is 0. The summed E-state index contributed by atoms with van der Waals surface area (Å²) in [7, 11) is 1.60. The van der Waals surface area contributed by atoms with E-state index in [1.807, 2.05) is 36.4 Å². The van der Waals surface area contributed by atoms with Crippen molar-refractivity contribution in [3.05, 3.63) is 95.8 Å². The number of hydrogen-bond donors (Lipinski definition) is 1. The largest absolute Gasteiger partial charge is 0.496 e. The van der Waals surface area contributed by atoms with E-state index in [0.29, 0.717) is 17.9 Å². The van der Waals surface area contributed by atoms with Crippen molar-refractivity contribution in [2.45, 2.75) is 39.3 Å². The molecule has 1 N–H and O–H groups in total. The Morgan fingerprint density at radius 3 is 2.58 bits per heavy atom. The van der Waals surface area contributed by atoms with E-state index in [4.69, 9.17) is 9.47 Å². The molecule has 0 aromatic heterocycles. The number of nitrogens with one attached hydrogen (secondary N) is 1. The van der Waals surface area contributed by atoms with E-state index in [1.165, 1.54) is 12.1 Å². The Morgan fingerprint density at radius 1 is 1.03 bits per heavy atom. The van der Waals surface area contributed by atoms with Crippen LogP contribution >= 0.6 is 0 Å². The van der Waals surface area contributed by atoms with Crippen molar-refractivity contribution >= 4 is 11.3 Å². The summed E-state index contributed by atoms with van der Waals surface area (Å²) in [6.07, 6.45) is 4.81. The lowest BCUT2D eigenvalue weighted by molar-refractivity contribution is 0.303. The van der Waals surface area contributed by atoms with Gasteiger partial charge < -0.3 is 14.8 Å². The maximum Gasteiger partial charge on any atom is 0.126 e. The SMILES string of the molecule is C=CCc1ccccc1OCc1c(-c2cc(F)ccc2OC)ccc2c1C(C)=CC(C)(C)N2. The Bertz CT molecular complexity index is 1230. The topological polar surface area (TPSA) is 30.5 Å². The van der Waals surface area contributed by atoms with Gasteiger partial charge in [-0.1, -0.05) is 36.4 Å². The number of halogens is 1. The van der Waals surface area contributed by atoms with Crippen LogP contribution in [0.3, 0.4) is 0 Å². The van der Waals surface area contributed by atoms with Gasteiger partial charge in [-0.25, -0.2) is 4.39 Å². The molecule has 0 saturated carbocycles. The first-order valence-electron chi connectivity index (χ1n) is 11.1. The molecule has 0 spiro atoms. The molecule has 1 heterocycles. The van der Waals surface area contributed by atoms with E-state index in [0.717, 1.165) is 45.7 Å². The summed E-state index contributed by atoms with van der Waals surface area (Å²) >= 11 is 0. The van der Waals surface area contributed by atoms with E-state index >= 15 is 0 Å². The number of hydrogen-bond acceptors (Lipinski definition) is 3. The number of rotatable bonds is 7. The lowest BCUT2D eigenvalue weighted by Crippen LogP contribution is -2.32. The van der Waals surface area contributed by atoms with Crippen molar-refractivity contribution in [1.29, 1.82) is 0 Å². The number of anilines is 1. The zero-order valence-corrected chi connectivity index (χ0v) is 19.7. The van der Waals surface area contributed by atoms with Crippen LogP contribution in [0.25, 0.3) is 16.7 Å². The van der Waals surface area contributed by atoms with Gasteiger partial charge in [0, 0.05) is 22.4 Å². The fourth-order valence-electron chi connectivity index (χ4n) is 4.61.